The minimum Gasteiger partial charge on any atom is -0.298 e. The number of aromatic amines is 1. The number of hydrogen-bond donors (Lipinski definition) is 4. The van der Waals surface area contributed by atoms with E-state index in [0.717, 1.165) is 5.56 Å². The first kappa shape index (κ1) is 24.0. The van der Waals surface area contributed by atoms with E-state index in [4.69, 9.17) is 12.2 Å². The highest BCUT2D eigenvalue weighted by Crippen LogP contribution is 2.23. The average Bonchev–Trinajstić information content (AvgIpc) is 3.25. The molecule has 0 unspecified atom stereocenters. The van der Waals surface area contributed by atoms with Crippen LogP contribution in [-0.2, 0) is 14.8 Å². The molecule has 0 bridgehead atoms. The third-order valence-corrected chi connectivity index (χ3v) is 6.45. The maximum absolute atomic E-state index is 12.8. The molecule has 13 heteroatoms. The molecule has 180 valence electrons. The van der Waals surface area contributed by atoms with Gasteiger partial charge in [0.1, 0.15) is 0 Å². The third-order valence-electron chi connectivity index (χ3n) is 4.77. The average molecular weight is 517 g/mol. The van der Waals surface area contributed by atoms with Crippen molar-refractivity contribution in [2.75, 3.05) is 10.1 Å². The Bertz CT molecular complexity index is 1490. The summed E-state index contributed by atoms with van der Waals surface area (Å²) >= 11 is 5.35. The first-order valence-corrected chi connectivity index (χ1v) is 11.9. The second-order valence-corrected chi connectivity index (χ2v) is 9.21. The molecule has 0 atom stereocenters. The van der Waals surface area contributed by atoms with Crippen LogP contribution in [-0.4, -0.2) is 35.5 Å². The van der Waals surface area contributed by atoms with Crippen molar-refractivity contribution in [3.63, 3.8) is 0 Å². The third kappa shape index (κ3) is 5.53. The summed E-state index contributed by atoms with van der Waals surface area (Å²) in [6.07, 6.45) is -3.16. The highest BCUT2D eigenvalue weighted by molar-refractivity contribution is 7.92. The molecule has 3 aromatic carbocycles. The predicted octanol–water partition coefficient (Wildman–Crippen LogP) is 4.11. The number of carbonyl (C=O) groups is 1. The van der Waals surface area contributed by atoms with Crippen molar-refractivity contribution >= 4 is 39.5 Å². The lowest BCUT2D eigenvalue weighted by Gasteiger charge is -2.12. The standard InChI is InChI=1S/C22H18F2N6O3S2/c23-19(24)21(31)27-25-15-6-8-16(9-7-15)29-35(32,33)18-12-10-17(11-13-18)30-20(26-28-22(30)34)14-4-2-1-3-5-14/h1-13,19,25,29H,(H,27,31)(H,28,34). The molecule has 0 spiro atoms. The summed E-state index contributed by atoms with van der Waals surface area (Å²) in [7, 11) is -3.92. The summed E-state index contributed by atoms with van der Waals surface area (Å²) in [4.78, 5) is 10.9. The summed E-state index contributed by atoms with van der Waals surface area (Å²) in [6, 6.07) is 21.2. The molecule has 1 aromatic heterocycles. The topological polar surface area (TPSA) is 121 Å². The van der Waals surface area contributed by atoms with Gasteiger partial charge in [-0.15, -0.1) is 0 Å². The van der Waals surface area contributed by atoms with Gasteiger partial charge in [-0.2, -0.15) is 13.9 Å². The first-order chi connectivity index (χ1) is 16.7. The zero-order valence-electron chi connectivity index (χ0n) is 17.8. The molecule has 0 radical (unpaired) electrons. The molecule has 9 nitrogen and oxygen atoms in total. The first-order valence-electron chi connectivity index (χ1n) is 10.0. The number of hydrazine groups is 1. The van der Waals surface area contributed by atoms with E-state index < -0.39 is 22.4 Å². The lowest BCUT2D eigenvalue weighted by atomic mass is 10.2. The number of benzene rings is 3. The number of halogens is 2. The van der Waals surface area contributed by atoms with Crippen LogP contribution in [0.5, 0.6) is 0 Å². The quantitative estimate of drug-likeness (QED) is 0.207. The van der Waals surface area contributed by atoms with E-state index in [-0.39, 0.29) is 16.3 Å². The lowest BCUT2D eigenvalue weighted by molar-refractivity contribution is -0.131. The fourth-order valence-electron chi connectivity index (χ4n) is 3.12. The minimum absolute atomic E-state index is 0.0175. The maximum Gasteiger partial charge on any atom is 0.317 e. The monoisotopic (exact) mass is 516 g/mol. The predicted molar refractivity (Wildman–Crippen MR) is 129 cm³/mol. The van der Waals surface area contributed by atoms with Crippen LogP contribution in [0.3, 0.4) is 0 Å². The van der Waals surface area contributed by atoms with E-state index in [9.17, 15) is 22.0 Å². The van der Waals surface area contributed by atoms with Crippen LogP contribution in [0, 0.1) is 4.77 Å². The van der Waals surface area contributed by atoms with Crippen molar-refractivity contribution in [3.05, 3.63) is 83.6 Å². The van der Waals surface area contributed by atoms with Gasteiger partial charge in [0.15, 0.2) is 10.6 Å². The smallest absolute Gasteiger partial charge is 0.298 e. The van der Waals surface area contributed by atoms with Crippen LogP contribution >= 0.6 is 12.2 Å². The van der Waals surface area contributed by atoms with Crippen LogP contribution < -0.4 is 15.6 Å². The Morgan fingerprint density at radius 2 is 1.57 bits per heavy atom. The molecule has 0 aliphatic rings. The molecule has 1 amide bonds. The number of nitrogens with one attached hydrogen (secondary N) is 4. The number of alkyl halides is 2. The molecule has 0 aliphatic heterocycles. The van der Waals surface area contributed by atoms with E-state index in [1.54, 1.807) is 16.7 Å². The Morgan fingerprint density at radius 3 is 2.20 bits per heavy atom. The summed E-state index contributed by atoms with van der Waals surface area (Å²) in [5, 5.41) is 7.03. The second kappa shape index (κ2) is 10.0. The summed E-state index contributed by atoms with van der Waals surface area (Å²) in [5.41, 5.74) is 6.14. The highest BCUT2D eigenvalue weighted by Gasteiger charge is 2.17. The molecular weight excluding hydrogens is 498 g/mol. The number of hydrogen-bond acceptors (Lipinski definition) is 6. The van der Waals surface area contributed by atoms with Crippen molar-refractivity contribution in [1.29, 1.82) is 0 Å². The number of carbonyl (C=O) groups excluding carboxylic acids is 1. The SMILES string of the molecule is O=C(NNc1ccc(NS(=O)(=O)c2ccc(-n3c(-c4ccccc4)n[nH]c3=S)cc2)cc1)C(F)F. The number of anilines is 2. The molecule has 4 aromatic rings. The molecule has 0 fully saturated rings. The van der Waals surface area contributed by atoms with Crippen LogP contribution in [0.1, 0.15) is 0 Å². The van der Waals surface area contributed by atoms with E-state index in [1.807, 2.05) is 35.8 Å². The Balaban J connectivity index is 1.50. The van der Waals surface area contributed by atoms with Crippen molar-refractivity contribution in [2.45, 2.75) is 11.3 Å². The largest absolute Gasteiger partial charge is 0.317 e. The molecule has 0 saturated heterocycles. The van der Waals surface area contributed by atoms with Gasteiger partial charge in [-0.25, -0.2) is 8.42 Å². The van der Waals surface area contributed by atoms with Gasteiger partial charge in [-0.05, 0) is 60.7 Å². The summed E-state index contributed by atoms with van der Waals surface area (Å²) < 4.78 is 54.6. The maximum atomic E-state index is 12.8. The van der Waals surface area contributed by atoms with Crippen molar-refractivity contribution in [3.8, 4) is 17.1 Å². The Kier molecular flexibility index (Phi) is 6.89. The number of nitrogens with zero attached hydrogens (tertiary/aromatic N) is 2. The van der Waals surface area contributed by atoms with Gasteiger partial charge in [0.2, 0.25) is 0 Å². The molecule has 0 aliphatic carbocycles. The van der Waals surface area contributed by atoms with Crippen LogP contribution in [0.2, 0.25) is 0 Å². The van der Waals surface area contributed by atoms with E-state index in [0.29, 0.717) is 16.3 Å². The van der Waals surface area contributed by atoms with Crippen LogP contribution in [0.15, 0.2) is 83.8 Å². The van der Waals surface area contributed by atoms with Gasteiger partial charge in [-0.1, -0.05) is 30.3 Å². The van der Waals surface area contributed by atoms with Gasteiger partial charge in [-0.3, -0.25) is 30.0 Å². The number of amides is 1. The summed E-state index contributed by atoms with van der Waals surface area (Å²) in [5.74, 6) is -0.895. The van der Waals surface area contributed by atoms with Crippen LogP contribution in [0.25, 0.3) is 17.1 Å². The Hall–Kier alpha value is -4.10. The van der Waals surface area contributed by atoms with E-state index in [1.165, 1.54) is 36.4 Å². The van der Waals surface area contributed by atoms with Gasteiger partial charge in [0.05, 0.1) is 16.3 Å². The normalized spacial score (nSPS) is 11.3. The Labute approximate surface area is 203 Å². The molecule has 4 N–H and O–H groups in total. The minimum atomic E-state index is -3.92. The van der Waals surface area contributed by atoms with Gasteiger partial charge in [0.25, 0.3) is 10.0 Å². The lowest BCUT2D eigenvalue weighted by Crippen LogP contribution is -2.34. The zero-order valence-corrected chi connectivity index (χ0v) is 19.4. The van der Waals surface area contributed by atoms with Gasteiger partial charge in [0, 0.05) is 11.3 Å². The fraction of sp³-hybridized carbons (Fsp3) is 0.0455. The molecule has 0 saturated carbocycles. The van der Waals surface area contributed by atoms with Crippen LogP contribution in [0.4, 0.5) is 20.2 Å². The molecule has 1 heterocycles. The second-order valence-electron chi connectivity index (χ2n) is 7.15. The Morgan fingerprint density at radius 1 is 0.943 bits per heavy atom. The highest BCUT2D eigenvalue weighted by atomic mass is 32.2. The van der Waals surface area contributed by atoms with Gasteiger partial charge < -0.3 is 0 Å². The van der Waals surface area contributed by atoms with Crippen molar-refractivity contribution in [2.24, 2.45) is 0 Å². The van der Waals surface area contributed by atoms with E-state index in [2.05, 4.69) is 20.3 Å². The molecular formula is C22H18F2N6O3S2. The number of sulfonamides is 1. The number of rotatable bonds is 8. The molecule has 4 rings (SSSR count). The number of H-pyrrole nitrogens is 1. The molecule has 35 heavy (non-hydrogen) atoms. The van der Waals surface area contributed by atoms with Gasteiger partial charge >= 0.3 is 12.3 Å². The van der Waals surface area contributed by atoms with Crippen molar-refractivity contribution in [1.82, 2.24) is 20.2 Å². The van der Waals surface area contributed by atoms with E-state index >= 15 is 0 Å². The summed E-state index contributed by atoms with van der Waals surface area (Å²) in [6.45, 7) is 0. The van der Waals surface area contributed by atoms with Crippen molar-refractivity contribution < 1.29 is 22.0 Å². The fourth-order valence-corrected chi connectivity index (χ4v) is 4.41. The zero-order chi connectivity index (χ0) is 25.0. The number of aromatic nitrogens is 3.